The van der Waals surface area contributed by atoms with Gasteiger partial charge in [0.1, 0.15) is 0 Å². The molecule has 2 nitrogen and oxygen atoms in total. The molecule has 16 heavy (non-hydrogen) atoms. The third-order valence-corrected chi connectivity index (χ3v) is 4.06. The van der Waals surface area contributed by atoms with Crippen molar-refractivity contribution in [2.75, 3.05) is 26.2 Å². The molecule has 1 saturated carbocycles. The Hall–Kier alpha value is -0.520. The van der Waals surface area contributed by atoms with Crippen LogP contribution in [-0.4, -0.2) is 36.6 Å². The topological polar surface area (TPSA) is 15.3 Å². The summed E-state index contributed by atoms with van der Waals surface area (Å²) < 4.78 is 0. The van der Waals surface area contributed by atoms with Crippen LogP contribution < -0.4 is 5.32 Å². The zero-order chi connectivity index (χ0) is 11.3. The van der Waals surface area contributed by atoms with Crippen molar-refractivity contribution in [1.82, 2.24) is 10.2 Å². The molecule has 1 aliphatic carbocycles. The van der Waals surface area contributed by atoms with Crippen LogP contribution in [0.1, 0.15) is 44.9 Å². The third kappa shape index (κ3) is 2.99. The summed E-state index contributed by atoms with van der Waals surface area (Å²) in [5.41, 5.74) is 0.451. The third-order valence-electron chi connectivity index (χ3n) is 4.06. The van der Waals surface area contributed by atoms with E-state index < -0.39 is 0 Å². The van der Waals surface area contributed by atoms with Crippen LogP contribution in [0.15, 0.2) is 0 Å². The van der Waals surface area contributed by atoms with E-state index in [1.807, 2.05) is 0 Å². The van der Waals surface area contributed by atoms with Crippen molar-refractivity contribution >= 4 is 0 Å². The molecule has 0 bridgehead atoms. The summed E-state index contributed by atoms with van der Waals surface area (Å²) in [6.45, 7) is 4.80. The highest BCUT2D eigenvalue weighted by atomic mass is 15.2. The number of terminal acetylenes is 1. The van der Waals surface area contributed by atoms with Crippen molar-refractivity contribution in [3.05, 3.63) is 0 Å². The molecule has 0 atom stereocenters. The lowest BCUT2D eigenvalue weighted by molar-refractivity contribution is 0.0989. The van der Waals surface area contributed by atoms with Crippen LogP contribution in [0, 0.1) is 12.3 Å². The molecule has 1 saturated heterocycles. The molecule has 90 valence electrons. The quantitative estimate of drug-likeness (QED) is 0.578. The Kier molecular flexibility index (Phi) is 4.26. The Morgan fingerprint density at radius 3 is 2.81 bits per heavy atom. The Morgan fingerprint density at radius 1 is 1.25 bits per heavy atom. The minimum absolute atomic E-state index is 0.451. The number of nitrogens with zero attached hydrogens (tertiary/aromatic N) is 1. The number of nitrogens with one attached hydrogen (secondary N) is 1. The first kappa shape index (κ1) is 12.0. The van der Waals surface area contributed by atoms with E-state index in [0.29, 0.717) is 5.54 Å². The van der Waals surface area contributed by atoms with Crippen molar-refractivity contribution in [2.45, 2.75) is 50.5 Å². The number of rotatable bonds is 3. The maximum atomic E-state index is 5.30. The highest BCUT2D eigenvalue weighted by Crippen LogP contribution is 2.30. The van der Waals surface area contributed by atoms with Gasteiger partial charge >= 0.3 is 0 Å². The van der Waals surface area contributed by atoms with Gasteiger partial charge in [0.15, 0.2) is 0 Å². The van der Waals surface area contributed by atoms with Crippen molar-refractivity contribution in [1.29, 1.82) is 0 Å². The standard InChI is InChI=1S/C14H24N2/c1-2-3-7-11-16-12-10-15-14(13-16)8-5-4-6-9-14/h1,15H,3-13H2. The highest BCUT2D eigenvalue weighted by molar-refractivity contribution is 4.96. The Bertz CT molecular complexity index is 242. The molecule has 0 radical (unpaired) electrons. The normalized spacial score (nSPS) is 25.4. The van der Waals surface area contributed by atoms with E-state index >= 15 is 0 Å². The smallest absolute Gasteiger partial charge is 0.0309 e. The maximum Gasteiger partial charge on any atom is 0.0309 e. The molecule has 0 aromatic heterocycles. The molecule has 1 aliphatic heterocycles. The lowest BCUT2D eigenvalue weighted by atomic mass is 9.80. The molecule has 0 aromatic carbocycles. The Morgan fingerprint density at radius 2 is 2.06 bits per heavy atom. The Labute approximate surface area is 99.8 Å². The first-order chi connectivity index (χ1) is 7.85. The fourth-order valence-electron chi connectivity index (χ4n) is 3.20. The van der Waals surface area contributed by atoms with Gasteiger partial charge in [-0.1, -0.05) is 19.3 Å². The predicted molar refractivity (Wildman–Crippen MR) is 68.3 cm³/mol. The largest absolute Gasteiger partial charge is 0.309 e. The van der Waals surface area contributed by atoms with E-state index in [9.17, 15) is 0 Å². The van der Waals surface area contributed by atoms with E-state index in [-0.39, 0.29) is 0 Å². The van der Waals surface area contributed by atoms with Crippen LogP contribution in [0.2, 0.25) is 0 Å². The van der Waals surface area contributed by atoms with E-state index in [4.69, 9.17) is 6.42 Å². The molecule has 2 fully saturated rings. The van der Waals surface area contributed by atoms with Gasteiger partial charge in [-0.15, -0.1) is 12.3 Å². The summed E-state index contributed by atoms with van der Waals surface area (Å²) in [7, 11) is 0. The summed E-state index contributed by atoms with van der Waals surface area (Å²) in [5, 5.41) is 3.77. The molecule has 1 spiro atoms. The summed E-state index contributed by atoms with van der Waals surface area (Å²) in [6.07, 6.45) is 14.4. The molecule has 0 unspecified atom stereocenters. The lowest BCUT2D eigenvalue weighted by Crippen LogP contribution is -2.61. The van der Waals surface area contributed by atoms with Crippen LogP contribution in [0.3, 0.4) is 0 Å². The van der Waals surface area contributed by atoms with E-state index in [0.717, 1.165) is 19.4 Å². The lowest BCUT2D eigenvalue weighted by Gasteiger charge is -2.46. The molecular formula is C14H24N2. The van der Waals surface area contributed by atoms with Crippen LogP contribution in [0.5, 0.6) is 0 Å². The fraction of sp³-hybridized carbons (Fsp3) is 0.857. The van der Waals surface area contributed by atoms with E-state index in [2.05, 4.69) is 16.1 Å². The molecule has 1 heterocycles. The van der Waals surface area contributed by atoms with Crippen molar-refractivity contribution in [3.8, 4) is 12.3 Å². The minimum Gasteiger partial charge on any atom is -0.309 e. The highest BCUT2D eigenvalue weighted by Gasteiger charge is 2.35. The first-order valence-corrected chi connectivity index (χ1v) is 6.76. The van der Waals surface area contributed by atoms with Gasteiger partial charge in [-0.3, -0.25) is 0 Å². The second-order valence-electron chi connectivity index (χ2n) is 5.35. The van der Waals surface area contributed by atoms with E-state index in [1.54, 1.807) is 0 Å². The van der Waals surface area contributed by atoms with Crippen molar-refractivity contribution < 1.29 is 0 Å². The average molecular weight is 220 g/mol. The van der Waals surface area contributed by atoms with E-state index in [1.165, 1.54) is 51.7 Å². The zero-order valence-corrected chi connectivity index (χ0v) is 10.3. The summed E-state index contributed by atoms with van der Waals surface area (Å²) >= 11 is 0. The second-order valence-corrected chi connectivity index (χ2v) is 5.35. The van der Waals surface area contributed by atoms with Crippen LogP contribution in [-0.2, 0) is 0 Å². The van der Waals surface area contributed by atoms with Gasteiger partial charge in [-0.05, 0) is 25.8 Å². The van der Waals surface area contributed by atoms with Crippen molar-refractivity contribution in [2.24, 2.45) is 0 Å². The number of hydrogen-bond donors (Lipinski definition) is 1. The van der Waals surface area contributed by atoms with Gasteiger partial charge in [-0.25, -0.2) is 0 Å². The molecule has 2 rings (SSSR count). The molecule has 0 aromatic rings. The predicted octanol–water partition coefficient (Wildman–Crippen LogP) is 2.01. The zero-order valence-electron chi connectivity index (χ0n) is 10.3. The summed E-state index contributed by atoms with van der Waals surface area (Å²) in [4.78, 5) is 2.61. The molecule has 0 amide bonds. The first-order valence-electron chi connectivity index (χ1n) is 6.76. The van der Waals surface area contributed by atoms with Crippen molar-refractivity contribution in [3.63, 3.8) is 0 Å². The molecular weight excluding hydrogens is 196 g/mol. The van der Waals surface area contributed by atoms with Gasteiger partial charge in [-0.2, -0.15) is 0 Å². The van der Waals surface area contributed by atoms with Gasteiger partial charge in [0.2, 0.25) is 0 Å². The number of unbranched alkanes of at least 4 members (excludes halogenated alkanes) is 1. The minimum atomic E-state index is 0.451. The second kappa shape index (κ2) is 5.70. The SMILES string of the molecule is C#CCCCN1CCNC2(CCCCC2)C1. The molecule has 1 N–H and O–H groups in total. The fourth-order valence-corrected chi connectivity index (χ4v) is 3.20. The summed E-state index contributed by atoms with van der Waals surface area (Å²) in [6, 6.07) is 0. The monoisotopic (exact) mass is 220 g/mol. The molecule has 2 aliphatic rings. The Balaban J connectivity index is 1.81. The number of piperazine rings is 1. The van der Waals surface area contributed by atoms with Gasteiger partial charge in [0.05, 0.1) is 0 Å². The molecule has 2 heteroatoms. The van der Waals surface area contributed by atoms with Gasteiger partial charge in [0.25, 0.3) is 0 Å². The number of hydrogen-bond acceptors (Lipinski definition) is 2. The van der Waals surface area contributed by atoms with Crippen LogP contribution in [0.4, 0.5) is 0 Å². The summed E-state index contributed by atoms with van der Waals surface area (Å²) in [5.74, 6) is 2.74. The van der Waals surface area contributed by atoms with Crippen LogP contribution >= 0.6 is 0 Å². The maximum absolute atomic E-state index is 5.30. The van der Waals surface area contributed by atoms with Gasteiger partial charge < -0.3 is 10.2 Å². The van der Waals surface area contributed by atoms with Gasteiger partial charge in [0, 0.05) is 31.6 Å². The average Bonchev–Trinajstić information content (AvgIpc) is 2.31. The van der Waals surface area contributed by atoms with Crippen LogP contribution in [0.25, 0.3) is 0 Å².